The number of anilines is 2. The molecule has 1 amide bonds. The molecule has 1 aromatic heterocycles. The molecule has 0 aromatic carbocycles. The number of nitrogens with two attached hydrogens (primary N) is 2. The van der Waals surface area contributed by atoms with Gasteiger partial charge >= 0.3 is 0 Å². The van der Waals surface area contributed by atoms with Crippen LogP contribution in [0, 0.1) is 5.92 Å². The highest BCUT2D eigenvalue weighted by atomic mass is 35.5. The number of nitrogens with zero attached hydrogens (tertiary/aromatic N) is 3. The summed E-state index contributed by atoms with van der Waals surface area (Å²) in [4.78, 5) is 23.7. The van der Waals surface area contributed by atoms with Gasteiger partial charge in [-0.25, -0.2) is 9.97 Å². The van der Waals surface area contributed by atoms with Crippen LogP contribution in [0.3, 0.4) is 0 Å². The molecule has 0 aliphatic carbocycles. The Labute approximate surface area is 109 Å². The number of hydrogen-bond acceptors (Lipinski definition) is 6. The Morgan fingerprint density at radius 2 is 2.11 bits per heavy atom. The quantitative estimate of drug-likeness (QED) is 0.684. The van der Waals surface area contributed by atoms with Crippen molar-refractivity contribution in [3.05, 3.63) is 10.8 Å². The second kappa shape index (κ2) is 4.77. The summed E-state index contributed by atoms with van der Waals surface area (Å²) in [5.41, 5.74) is 11.0. The van der Waals surface area contributed by atoms with Crippen LogP contribution in [0.2, 0.25) is 5.15 Å². The molecule has 0 radical (unpaired) electrons. The topological polar surface area (TPSA) is 119 Å². The predicted molar refractivity (Wildman–Crippen MR) is 69.4 cm³/mol. The maximum atomic E-state index is 11.9. The summed E-state index contributed by atoms with van der Waals surface area (Å²) < 4.78 is 0. The van der Waals surface area contributed by atoms with Crippen molar-refractivity contribution in [2.45, 2.75) is 13.3 Å². The zero-order valence-electron chi connectivity index (χ0n) is 9.77. The number of aromatic nitrogens is 2. The Hall–Kier alpha value is -1.89. The van der Waals surface area contributed by atoms with E-state index < -0.39 is 5.91 Å². The highest BCUT2D eigenvalue weighted by Gasteiger charge is 2.20. The van der Waals surface area contributed by atoms with E-state index in [1.54, 1.807) is 0 Å². The Morgan fingerprint density at radius 3 is 2.72 bits per heavy atom. The van der Waals surface area contributed by atoms with Crippen LogP contribution < -0.4 is 16.8 Å². The highest BCUT2D eigenvalue weighted by molar-refractivity contribution is 6.31. The molecule has 1 aliphatic heterocycles. The maximum absolute atomic E-state index is 11.9. The standard InChI is InChI=1S/C10H13ClN6O/c1-4-2-5(14-3-4)15-10(18)6-8(12)17-9(13)7(11)16-6/h4H,2-3H2,1H3,(H4,12,13,17)(H,14,15,18). The van der Waals surface area contributed by atoms with Crippen LogP contribution in [-0.2, 0) is 0 Å². The van der Waals surface area contributed by atoms with Crippen LogP contribution in [0.25, 0.3) is 0 Å². The van der Waals surface area contributed by atoms with Crippen LogP contribution in [0.4, 0.5) is 11.6 Å². The normalized spacial score (nSPS) is 18.6. The van der Waals surface area contributed by atoms with Crippen LogP contribution in [0.1, 0.15) is 23.8 Å². The van der Waals surface area contributed by atoms with E-state index in [2.05, 4.69) is 27.2 Å². The number of hydrogen-bond donors (Lipinski definition) is 3. The van der Waals surface area contributed by atoms with Crippen molar-refractivity contribution >= 4 is 35.0 Å². The number of amides is 1. The summed E-state index contributed by atoms with van der Waals surface area (Å²) in [5.74, 6) is 0.522. The summed E-state index contributed by atoms with van der Waals surface area (Å²) in [6.07, 6.45) is 0.724. The summed E-state index contributed by atoms with van der Waals surface area (Å²) in [7, 11) is 0. The number of amidine groups is 1. The van der Waals surface area contributed by atoms with Gasteiger partial charge < -0.3 is 16.8 Å². The van der Waals surface area contributed by atoms with Gasteiger partial charge in [0.15, 0.2) is 22.5 Å². The SMILES string of the molecule is CC1CN=C(NC(=O)c2nc(Cl)c(N)nc2N)C1. The second-order valence-electron chi connectivity index (χ2n) is 4.18. The summed E-state index contributed by atoms with van der Waals surface area (Å²) in [5, 5.41) is 2.60. The molecule has 1 aromatic rings. The molecule has 0 saturated heterocycles. The first-order valence-corrected chi connectivity index (χ1v) is 5.78. The monoisotopic (exact) mass is 268 g/mol. The van der Waals surface area contributed by atoms with Crippen molar-refractivity contribution in [2.24, 2.45) is 10.9 Å². The number of rotatable bonds is 1. The van der Waals surface area contributed by atoms with E-state index in [9.17, 15) is 4.79 Å². The molecule has 0 fully saturated rings. The fourth-order valence-corrected chi connectivity index (χ4v) is 1.74. The third-order valence-corrected chi connectivity index (χ3v) is 2.79. The van der Waals surface area contributed by atoms with E-state index in [-0.39, 0.29) is 22.5 Å². The zero-order valence-corrected chi connectivity index (χ0v) is 10.5. The largest absolute Gasteiger partial charge is 0.382 e. The summed E-state index contributed by atoms with van der Waals surface area (Å²) in [6, 6.07) is 0. The van der Waals surface area contributed by atoms with Crippen molar-refractivity contribution in [3.8, 4) is 0 Å². The molecule has 0 spiro atoms. The number of carbonyl (C=O) groups excluding carboxylic acids is 1. The molecule has 0 bridgehead atoms. The molecule has 0 saturated carbocycles. The van der Waals surface area contributed by atoms with Gasteiger partial charge in [0.2, 0.25) is 0 Å². The number of carbonyl (C=O) groups is 1. The molecular formula is C10H13ClN6O. The molecule has 7 nitrogen and oxygen atoms in total. The fourth-order valence-electron chi connectivity index (χ4n) is 1.61. The Kier molecular flexibility index (Phi) is 3.33. The summed E-state index contributed by atoms with van der Waals surface area (Å²) >= 11 is 5.71. The lowest BCUT2D eigenvalue weighted by Gasteiger charge is -2.07. The van der Waals surface area contributed by atoms with E-state index in [0.29, 0.717) is 18.3 Å². The van der Waals surface area contributed by atoms with Crippen LogP contribution in [-0.4, -0.2) is 28.3 Å². The Morgan fingerprint density at radius 1 is 1.39 bits per heavy atom. The van der Waals surface area contributed by atoms with E-state index in [4.69, 9.17) is 23.1 Å². The summed E-state index contributed by atoms with van der Waals surface area (Å²) in [6.45, 7) is 2.76. The smallest absolute Gasteiger partial charge is 0.279 e. The minimum absolute atomic E-state index is 0.00227. The van der Waals surface area contributed by atoms with Gasteiger partial charge in [-0.2, -0.15) is 0 Å². The maximum Gasteiger partial charge on any atom is 0.279 e. The van der Waals surface area contributed by atoms with E-state index >= 15 is 0 Å². The minimum Gasteiger partial charge on any atom is -0.382 e. The van der Waals surface area contributed by atoms with Gasteiger partial charge in [0, 0.05) is 13.0 Å². The molecule has 1 unspecified atom stereocenters. The second-order valence-corrected chi connectivity index (χ2v) is 4.54. The van der Waals surface area contributed by atoms with Gasteiger partial charge in [-0.05, 0) is 5.92 Å². The molecule has 96 valence electrons. The number of aliphatic imine (C=N–C) groups is 1. The Bertz CT molecular complexity index is 529. The van der Waals surface area contributed by atoms with Crippen LogP contribution in [0.5, 0.6) is 0 Å². The van der Waals surface area contributed by atoms with Gasteiger partial charge in [0.25, 0.3) is 5.91 Å². The average molecular weight is 269 g/mol. The first-order chi connectivity index (χ1) is 8.47. The molecule has 1 aliphatic rings. The molecule has 1 atom stereocenters. The van der Waals surface area contributed by atoms with Gasteiger partial charge in [-0.15, -0.1) is 0 Å². The van der Waals surface area contributed by atoms with Crippen molar-refractivity contribution in [2.75, 3.05) is 18.0 Å². The molecule has 2 rings (SSSR count). The molecule has 18 heavy (non-hydrogen) atoms. The third-order valence-electron chi connectivity index (χ3n) is 2.51. The lowest BCUT2D eigenvalue weighted by molar-refractivity contribution is 0.0972. The van der Waals surface area contributed by atoms with Crippen LogP contribution in [0.15, 0.2) is 4.99 Å². The number of nitrogens with one attached hydrogen (secondary N) is 1. The van der Waals surface area contributed by atoms with Gasteiger partial charge in [0.05, 0.1) is 0 Å². The molecular weight excluding hydrogens is 256 g/mol. The third kappa shape index (κ3) is 2.51. The fraction of sp³-hybridized carbons (Fsp3) is 0.400. The predicted octanol–water partition coefficient (Wildman–Crippen LogP) is 0.463. The first kappa shape index (κ1) is 12.6. The lowest BCUT2D eigenvalue weighted by Crippen LogP contribution is -2.31. The van der Waals surface area contributed by atoms with Crippen molar-refractivity contribution in [3.63, 3.8) is 0 Å². The average Bonchev–Trinajstić information content (AvgIpc) is 2.69. The van der Waals surface area contributed by atoms with E-state index in [1.165, 1.54) is 0 Å². The first-order valence-electron chi connectivity index (χ1n) is 5.40. The van der Waals surface area contributed by atoms with Crippen molar-refractivity contribution < 1.29 is 4.79 Å². The van der Waals surface area contributed by atoms with Gasteiger partial charge in [-0.3, -0.25) is 9.79 Å². The van der Waals surface area contributed by atoms with Crippen molar-refractivity contribution in [1.82, 2.24) is 15.3 Å². The van der Waals surface area contributed by atoms with Gasteiger partial charge in [-0.1, -0.05) is 18.5 Å². The van der Waals surface area contributed by atoms with E-state index in [0.717, 1.165) is 6.42 Å². The highest BCUT2D eigenvalue weighted by Crippen LogP contribution is 2.17. The number of nitrogen functional groups attached to an aromatic ring is 2. The van der Waals surface area contributed by atoms with Crippen LogP contribution >= 0.6 is 11.6 Å². The molecule has 2 heterocycles. The lowest BCUT2D eigenvalue weighted by atomic mass is 10.1. The molecule has 5 N–H and O–H groups in total. The number of halogens is 1. The Balaban J connectivity index is 2.17. The van der Waals surface area contributed by atoms with Gasteiger partial charge in [0.1, 0.15) is 5.84 Å². The zero-order chi connectivity index (χ0) is 13.3. The molecule has 8 heteroatoms. The van der Waals surface area contributed by atoms with Crippen molar-refractivity contribution in [1.29, 1.82) is 0 Å². The van der Waals surface area contributed by atoms with E-state index in [1.807, 2.05) is 0 Å². The minimum atomic E-state index is -0.477.